The van der Waals surface area contributed by atoms with Crippen LogP contribution in [0.3, 0.4) is 0 Å². The van der Waals surface area contributed by atoms with Crippen molar-refractivity contribution in [2.75, 3.05) is 13.3 Å². The van der Waals surface area contributed by atoms with Crippen molar-refractivity contribution < 1.29 is 9.13 Å². The van der Waals surface area contributed by atoms with Gasteiger partial charge in [0.1, 0.15) is 6.67 Å². The number of hydrogen-bond donors (Lipinski definition) is 0. The van der Waals surface area contributed by atoms with E-state index in [0.717, 1.165) is 12.8 Å². The first-order valence-corrected chi connectivity index (χ1v) is 6.38. The Morgan fingerprint density at radius 3 is 2.41 bits per heavy atom. The molecule has 0 radical (unpaired) electrons. The van der Waals surface area contributed by atoms with Crippen molar-refractivity contribution in [3.8, 4) is 0 Å². The zero-order valence-electron chi connectivity index (χ0n) is 11.1. The van der Waals surface area contributed by atoms with Gasteiger partial charge in [-0.3, -0.25) is 0 Å². The van der Waals surface area contributed by atoms with Crippen molar-refractivity contribution in [3.05, 3.63) is 35.4 Å². The Hall–Kier alpha value is -0.890. The third-order valence-corrected chi connectivity index (χ3v) is 2.95. The molecule has 17 heavy (non-hydrogen) atoms. The summed E-state index contributed by atoms with van der Waals surface area (Å²) in [5.74, 6) is 0.429. The molecule has 96 valence electrons. The van der Waals surface area contributed by atoms with Crippen molar-refractivity contribution in [1.29, 1.82) is 0 Å². The summed E-state index contributed by atoms with van der Waals surface area (Å²) in [5, 5.41) is 0. The van der Waals surface area contributed by atoms with Gasteiger partial charge in [-0.25, -0.2) is 4.39 Å². The zero-order valence-corrected chi connectivity index (χ0v) is 11.1. The second-order valence-electron chi connectivity index (χ2n) is 4.81. The van der Waals surface area contributed by atoms with Crippen LogP contribution in [0.1, 0.15) is 31.4 Å². The molecular weight excluding hydrogens is 215 g/mol. The van der Waals surface area contributed by atoms with E-state index in [1.807, 2.05) is 6.92 Å². The normalized spacial score (nSPS) is 14.6. The van der Waals surface area contributed by atoms with E-state index >= 15 is 0 Å². The van der Waals surface area contributed by atoms with E-state index in [-0.39, 0.29) is 12.8 Å². The summed E-state index contributed by atoms with van der Waals surface area (Å²) in [6.45, 7) is 6.44. The smallest absolute Gasteiger partial charge is 0.116 e. The molecule has 1 nitrogen and oxygen atoms in total. The summed E-state index contributed by atoms with van der Waals surface area (Å²) in [7, 11) is 0. The Kier molecular flexibility index (Phi) is 6.20. The highest BCUT2D eigenvalue weighted by Crippen LogP contribution is 2.11. The average molecular weight is 238 g/mol. The molecular formula is C15H23FO. The van der Waals surface area contributed by atoms with E-state index in [1.54, 1.807) is 0 Å². The molecule has 1 aromatic rings. The lowest BCUT2D eigenvalue weighted by Crippen LogP contribution is -2.19. The van der Waals surface area contributed by atoms with E-state index in [9.17, 15) is 4.39 Å². The molecule has 0 aliphatic carbocycles. The first-order chi connectivity index (χ1) is 8.15. The van der Waals surface area contributed by atoms with E-state index in [1.165, 1.54) is 11.1 Å². The highest BCUT2D eigenvalue weighted by molar-refractivity contribution is 5.21. The SMILES string of the molecule is CCC(CF)OCC(C)Cc1ccc(C)cc1. The average Bonchev–Trinajstić information content (AvgIpc) is 2.33. The van der Waals surface area contributed by atoms with Gasteiger partial charge >= 0.3 is 0 Å². The first-order valence-electron chi connectivity index (χ1n) is 6.38. The van der Waals surface area contributed by atoms with Crippen LogP contribution in [-0.4, -0.2) is 19.4 Å². The van der Waals surface area contributed by atoms with Gasteiger partial charge in [0.25, 0.3) is 0 Å². The fourth-order valence-corrected chi connectivity index (χ4v) is 1.76. The van der Waals surface area contributed by atoms with Crippen LogP contribution in [0.25, 0.3) is 0 Å². The van der Waals surface area contributed by atoms with Crippen molar-refractivity contribution >= 4 is 0 Å². The molecule has 0 aliphatic rings. The van der Waals surface area contributed by atoms with Crippen LogP contribution < -0.4 is 0 Å². The monoisotopic (exact) mass is 238 g/mol. The van der Waals surface area contributed by atoms with Crippen LogP contribution in [-0.2, 0) is 11.2 Å². The van der Waals surface area contributed by atoms with Gasteiger partial charge in [0.05, 0.1) is 6.10 Å². The van der Waals surface area contributed by atoms with Crippen LogP contribution in [0.5, 0.6) is 0 Å². The molecule has 1 aromatic carbocycles. The molecule has 0 aromatic heterocycles. The van der Waals surface area contributed by atoms with E-state index in [0.29, 0.717) is 12.5 Å². The molecule has 0 spiro atoms. The van der Waals surface area contributed by atoms with Gasteiger partial charge < -0.3 is 4.74 Å². The molecule has 2 heteroatoms. The molecule has 0 saturated carbocycles. The summed E-state index contributed by atoms with van der Waals surface area (Å²) in [6.07, 6.45) is 1.51. The minimum atomic E-state index is -0.381. The maximum atomic E-state index is 12.5. The first kappa shape index (κ1) is 14.2. The van der Waals surface area contributed by atoms with Crippen molar-refractivity contribution in [3.63, 3.8) is 0 Å². The molecule has 0 N–H and O–H groups in total. The Bertz CT molecular complexity index is 303. The van der Waals surface area contributed by atoms with E-state index < -0.39 is 0 Å². The van der Waals surface area contributed by atoms with Crippen LogP contribution >= 0.6 is 0 Å². The topological polar surface area (TPSA) is 9.23 Å². The number of benzene rings is 1. The van der Waals surface area contributed by atoms with Gasteiger partial charge in [-0.2, -0.15) is 0 Å². The van der Waals surface area contributed by atoms with Crippen LogP contribution in [0.15, 0.2) is 24.3 Å². The van der Waals surface area contributed by atoms with Crippen LogP contribution in [0.2, 0.25) is 0 Å². The number of halogens is 1. The molecule has 0 amide bonds. The van der Waals surface area contributed by atoms with Crippen molar-refractivity contribution in [2.45, 2.75) is 39.7 Å². The predicted molar refractivity (Wildman–Crippen MR) is 70.1 cm³/mol. The Balaban J connectivity index is 2.34. The van der Waals surface area contributed by atoms with E-state index in [4.69, 9.17) is 4.74 Å². The quantitative estimate of drug-likeness (QED) is 0.699. The molecule has 1 rings (SSSR count). The van der Waals surface area contributed by atoms with Crippen LogP contribution in [0.4, 0.5) is 4.39 Å². The third kappa shape index (κ3) is 5.31. The number of hydrogen-bond acceptors (Lipinski definition) is 1. The second-order valence-corrected chi connectivity index (χ2v) is 4.81. The summed E-state index contributed by atoms with van der Waals surface area (Å²) in [6, 6.07) is 8.55. The summed E-state index contributed by atoms with van der Waals surface area (Å²) in [4.78, 5) is 0. The lowest BCUT2D eigenvalue weighted by molar-refractivity contribution is 0.0157. The summed E-state index contributed by atoms with van der Waals surface area (Å²) < 4.78 is 18.0. The molecule has 2 atom stereocenters. The van der Waals surface area contributed by atoms with E-state index in [2.05, 4.69) is 38.1 Å². The number of alkyl halides is 1. The van der Waals surface area contributed by atoms with Gasteiger partial charge in [-0.15, -0.1) is 0 Å². The maximum Gasteiger partial charge on any atom is 0.116 e. The summed E-state index contributed by atoms with van der Waals surface area (Å²) >= 11 is 0. The van der Waals surface area contributed by atoms with Crippen molar-refractivity contribution in [2.24, 2.45) is 5.92 Å². The van der Waals surface area contributed by atoms with Gasteiger partial charge in [-0.05, 0) is 31.2 Å². The number of aryl methyl sites for hydroxylation is 1. The van der Waals surface area contributed by atoms with Gasteiger partial charge in [0.2, 0.25) is 0 Å². The standard InChI is InChI=1S/C15H23FO/c1-4-15(10-16)17-11-13(3)9-14-7-5-12(2)6-8-14/h5-8,13,15H,4,9-11H2,1-3H3. The molecule has 0 bridgehead atoms. The highest BCUT2D eigenvalue weighted by Gasteiger charge is 2.09. The molecule has 0 heterocycles. The largest absolute Gasteiger partial charge is 0.375 e. The maximum absolute atomic E-state index is 12.5. The Morgan fingerprint density at radius 1 is 1.24 bits per heavy atom. The number of ether oxygens (including phenoxy) is 1. The Morgan fingerprint density at radius 2 is 1.88 bits per heavy atom. The molecule has 0 fully saturated rings. The minimum Gasteiger partial charge on any atom is -0.375 e. The zero-order chi connectivity index (χ0) is 12.7. The fraction of sp³-hybridized carbons (Fsp3) is 0.600. The fourth-order valence-electron chi connectivity index (χ4n) is 1.76. The Labute approximate surface area is 104 Å². The third-order valence-electron chi connectivity index (χ3n) is 2.95. The molecule has 0 aliphatic heterocycles. The van der Waals surface area contributed by atoms with Crippen molar-refractivity contribution in [1.82, 2.24) is 0 Å². The van der Waals surface area contributed by atoms with Crippen LogP contribution in [0, 0.1) is 12.8 Å². The van der Waals surface area contributed by atoms with Gasteiger partial charge in [-0.1, -0.05) is 43.7 Å². The molecule has 0 saturated heterocycles. The lowest BCUT2D eigenvalue weighted by atomic mass is 10.0. The second kappa shape index (κ2) is 7.44. The molecule has 2 unspecified atom stereocenters. The summed E-state index contributed by atoms with van der Waals surface area (Å²) in [5.41, 5.74) is 2.60. The van der Waals surface area contributed by atoms with Gasteiger partial charge in [0.15, 0.2) is 0 Å². The van der Waals surface area contributed by atoms with Gasteiger partial charge in [0, 0.05) is 6.61 Å². The predicted octanol–water partition coefficient (Wildman–Crippen LogP) is 3.94. The highest BCUT2D eigenvalue weighted by atomic mass is 19.1. The number of rotatable bonds is 7. The lowest BCUT2D eigenvalue weighted by Gasteiger charge is -2.16. The minimum absolute atomic E-state index is 0.226.